The number of ether oxygens (including phenoxy) is 1. The maximum atomic E-state index is 11.7. The minimum atomic E-state index is -4.26. The van der Waals surface area contributed by atoms with Gasteiger partial charge in [-0.3, -0.25) is 0 Å². The van der Waals surface area contributed by atoms with Crippen molar-refractivity contribution in [2.45, 2.75) is 6.18 Å². The number of halogens is 3. The van der Waals surface area contributed by atoms with Crippen molar-refractivity contribution in [2.24, 2.45) is 0 Å². The van der Waals surface area contributed by atoms with Crippen LogP contribution in [0.4, 0.5) is 24.5 Å². The molecule has 90 valence electrons. The summed E-state index contributed by atoms with van der Waals surface area (Å²) in [6.45, 7) is -0.889. The Kier molecular flexibility index (Phi) is 4.42. The Labute approximate surface area is 91.4 Å². The first-order chi connectivity index (χ1) is 7.47. The molecule has 3 N–H and O–H groups in total. The Morgan fingerprint density at radius 3 is 2.38 bits per heavy atom. The second-order valence-corrected chi connectivity index (χ2v) is 3.22. The first-order valence-electron chi connectivity index (χ1n) is 4.71. The van der Waals surface area contributed by atoms with E-state index in [9.17, 15) is 13.2 Å². The lowest BCUT2D eigenvalue weighted by molar-refractivity contribution is -0.172. The Hall–Kier alpha value is -1.43. The Balaban J connectivity index is 2.14. The van der Waals surface area contributed by atoms with Crippen LogP contribution in [-0.4, -0.2) is 25.9 Å². The van der Waals surface area contributed by atoms with Crippen molar-refractivity contribution < 1.29 is 17.9 Å². The summed E-state index contributed by atoms with van der Waals surface area (Å²) < 4.78 is 39.5. The third kappa shape index (κ3) is 5.45. The lowest BCUT2D eigenvalue weighted by Crippen LogP contribution is -2.20. The number of anilines is 2. The molecule has 0 saturated carbocycles. The van der Waals surface area contributed by atoms with Gasteiger partial charge in [-0.1, -0.05) is 0 Å². The van der Waals surface area contributed by atoms with Crippen LogP contribution in [-0.2, 0) is 4.74 Å². The molecular formula is C10H13F3N2O. The van der Waals surface area contributed by atoms with E-state index in [0.29, 0.717) is 12.2 Å². The summed E-state index contributed by atoms with van der Waals surface area (Å²) in [6.07, 6.45) is -4.26. The van der Waals surface area contributed by atoms with Crippen LogP contribution in [0.1, 0.15) is 0 Å². The van der Waals surface area contributed by atoms with E-state index in [4.69, 9.17) is 5.73 Å². The minimum Gasteiger partial charge on any atom is -0.399 e. The number of nitrogen functional groups attached to an aromatic ring is 1. The molecule has 0 aromatic heterocycles. The zero-order valence-electron chi connectivity index (χ0n) is 8.55. The molecule has 0 heterocycles. The second kappa shape index (κ2) is 5.60. The van der Waals surface area contributed by atoms with E-state index >= 15 is 0 Å². The number of rotatable bonds is 5. The number of benzene rings is 1. The van der Waals surface area contributed by atoms with Gasteiger partial charge in [0.25, 0.3) is 0 Å². The summed E-state index contributed by atoms with van der Waals surface area (Å²) in [4.78, 5) is 0. The van der Waals surface area contributed by atoms with Gasteiger partial charge in [0.05, 0.1) is 6.61 Å². The third-order valence-electron chi connectivity index (χ3n) is 1.75. The maximum Gasteiger partial charge on any atom is 0.411 e. The van der Waals surface area contributed by atoms with E-state index in [0.717, 1.165) is 5.69 Å². The molecule has 0 bridgehead atoms. The quantitative estimate of drug-likeness (QED) is 0.606. The molecule has 6 heteroatoms. The number of hydrogen-bond donors (Lipinski definition) is 2. The lowest BCUT2D eigenvalue weighted by Gasteiger charge is -2.09. The van der Waals surface area contributed by atoms with Gasteiger partial charge < -0.3 is 15.8 Å². The van der Waals surface area contributed by atoms with Crippen LogP contribution in [0.15, 0.2) is 24.3 Å². The molecule has 0 spiro atoms. The molecule has 0 atom stereocenters. The molecule has 0 aliphatic heterocycles. The summed E-state index contributed by atoms with van der Waals surface area (Å²) in [5.41, 5.74) is 6.91. The molecule has 0 radical (unpaired) electrons. The van der Waals surface area contributed by atoms with E-state index in [2.05, 4.69) is 10.1 Å². The summed E-state index contributed by atoms with van der Waals surface area (Å²) >= 11 is 0. The van der Waals surface area contributed by atoms with Crippen LogP contribution in [0.3, 0.4) is 0 Å². The van der Waals surface area contributed by atoms with Crippen molar-refractivity contribution in [1.82, 2.24) is 0 Å². The number of hydrogen-bond acceptors (Lipinski definition) is 3. The highest BCUT2D eigenvalue weighted by molar-refractivity contribution is 5.51. The Morgan fingerprint density at radius 1 is 1.19 bits per heavy atom. The maximum absolute atomic E-state index is 11.7. The average molecular weight is 234 g/mol. The van der Waals surface area contributed by atoms with E-state index < -0.39 is 12.8 Å². The van der Waals surface area contributed by atoms with Gasteiger partial charge in [0.2, 0.25) is 0 Å². The summed E-state index contributed by atoms with van der Waals surface area (Å²) in [5.74, 6) is 0. The van der Waals surface area contributed by atoms with Crippen LogP contribution in [0.2, 0.25) is 0 Å². The molecular weight excluding hydrogens is 221 g/mol. The van der Waals surface area contributed by atoms with Gasteiger partial charge in [-0.15, -0.1) is 0 Å². The van der Waals surface area contributed by atoms with Gasteiger partial charge in [0, 0.05) is 17.9 Å². The predicted molar refractivity (Wildman–Crippen MR) is 56.2 cm³/mol. The highest BCUT2D eigenvalue weighted by atomic mass is 19.4. The monoisotopic (exact) mass is 234 g/mol. The largest absolute Gasteiger partial charge is 0.411 e. The highest BCUT2D eigenvalue weighted by Crippen LogP contribution is 2.14. The molecule has 0 aliphatic rings. The summed E-state index contributed by atoms with van der Waals surface area (Å²) in [6, 6.07) is 6.91. The van der Waals surface area contributed by atoms with Gasteiger partial charge in [-0.2, -0.15) is 13.2 Å². The zero-order chi connectivity index (χ0) is 12.0. The van der Waals surface area contributed by atoms with Crippen molar-refractivity contribution >= 4 is 11.4 Å². The molecule has 0 amide bonds. The van der Waals surface area contributed by atoms with Crippen molar-refractivity contribution in [3.05, 3.63) is 24.3 Å². The summed E-state index contributed by atoms with van der Waals surface area (Å²) in [7, 11) is 0. The molecule has 0 aliphatic carbocycles. The number of alkyl halides is 3. The van der Waals surface area contributed by atoms with E-state index in [-0.39, 0.29) is 6.61 Å². The minimum absolute atomic E-state index is 0.00386. The van der Waals surface area contributed by atoms with Gasteiger partial charge in [-0.25, -0.2) is 0 Å². The Bertz CT molecular complexity index is 311. The summed E-state index contributed by atoms with van der Waals surface area (Å²) in [5, 5.41) is 2.91. The lowest BCUT2D eigenvalue weighted by atomic mass is 10.3. The predicted octanol–water partition coefficient (Wildman–Crippen LogP) is 2.26. The third-order valence-corrected chi connectivity index (χ3v) is 1.75. The van der Waals surface area contributed by atoms with Crippen molar-refractivity contribution in [3.8, 4) is 0 Å². The molecule has 1 rings (SSSR count). The fourth-order valence-electron chi connectivity index (χ4n) is 1.06. The van der Waals surface area contributed by atoms with Crippen LogP contribution >= 0.6 is 0 Å². The standard InChI is InChI=1S/C10H13F3N2O/c11-10(12,13)7-16-6-5-15-9-3-1-8(14)2-4-9/h1-4,15H,5-7,14H2. The second-order valence-electron chi connectivity index (χ2n) is 3.22. The van der Waals surface area contributed by atoms with Crippen molar-refractivity contribution in [3.63, 3.8) is 0 Å². The smallest absolute Gasteiger partial charge is 0.399 e. The molecule has 1 aromatic carbocycles. The first-order valence-corrected chi connectivity index (χ1v) is 4.71. The van der Waals surface area contributed by atoms with Crippen LogP contribution in [0.5, 0.6) is 0 Å². The fraction of sp³-hybridized carbons (Fsp3) is 0.400. The normalized spacial score (nSPS) is 11.4. The molecule has 1 aromatic rings. The molecule has 0 unspecified atom stereocenters. The number of nitrogens with one attached hydrogen (secondary N) is 1. The highest BCUT2D eigenvalue weighted by Gasteiger charge is 2.27. The van der Waals surface area contributed by atoms with E-state index in [1.165, 1.54) is 0 Å². The molecule has 0 fully saturated rings. The Morgan fingerprint density at radius 2 is 1.81 bits per heavy atom. The van der Waals surface area contributed by atoms with Gasteiger partial charge >= 0.3 is 6.18 Å². The fourth-order valence-corrected chi connectivity index (χ4v) is 1.06. The molecule has 16 heavy (non-hydrogen) atoms. The molecule has 0 saturated heterocycles. The van der Waals surface area contributed by atoms with Gasteiger partial charge in [0.15, 0.2) is 0 Å². The van der Waals surface area contributed by atoms with E-state index in [1.54, 1.807) is 24.3 Å². The van der Waals surface area contributed by atoms with Gasteiger partial charge in [-0.05, 0) is 24.3 Å². The zero-order valence-corrected chi connectivity index (χ0v) is 8.55. The van der Waals surface area contributed by atoms with Crippen LogP contribution in [0, 0.1) is 0 Å². The average Bonchev–Trinajstić information content (AvgIpc) is 2.19. The number of nitrogens with two attached hydrogens (primary N) is 1. The van der Waals surface area contributed by atoms with Crippen LogP contribution in [0.25, 0.3) is 0 Å². The van der Waals surface area contributed by atoms with Crippen molar-refractivity contribution in [1.29, 1.82) is 0 Å². The molecule has 3 nitrogen and oxygen atoms in total. The first kappa shape index (κ1) is 12.6. The SMILES string of the molecule is Nc1ccc(NCCOCC(F)(F)F)cc1. The van der Waals surface area contributed by atoms with Crippen LogP contribution < -0.4 is 11.1 Å². The van der Waals surface area contributed by atoms with E-state index in [1.807, 2.05) is 0 Å². The van der Waals surface area contributed by atoms with Gasteiger partial charge in [0.1, 0.15) is 6.61 Å². The topological polar surface area (TPSA) is 47.3 Å². The van der Waals surface area contributed by atoms with Crippen molar-refractivity contribution in [2.75, 3.05) is 30.8 Å².